The van der Waals surface area contributed by atoms with Crippen LogP contribution in [0.5, 0.6) is 11.6 Å². The quantitative estimate of drug-likeness (QED) is 0.806. The summed E-state index contributed by atoms with van der Waals surface area (Å²) in [5, 5.41) is 14.3. The molecule has 0 saturated carbocycles. The molecule has 3 rings (SSSR count). The van der Waals surface area contributed by atoms with Crippen LogP contribution in [0.15, 0.2) is 36.7 Å². The van der Waals surface area contributed by atoms with Gasteiger partial charge < -0.3 is 9.84 Å². The first-order valence-corrected chi connectivity index (χ1v) is 6.19. The van der Waals surface area contributed by atoms with Crippen LogP contribution in [-0.2, 0) is 0 Å². The molecule has 21 heavy (non-hydrogen) atoms. The van der Waals surface area contributed by atoms with Crippen LogP contribution >= 0.6 is 0 Å². The van der Waals surface area contributed by atoms with Crippen molar-refractivity contribution in [2.24, 2.45) is 0 Å². The Labute approximate surface area is 118 Å². The number of ether oxygens (including phenoxy) is 1. The molecule has 7 heteroatoms. The van der Waals surface area contributed by atoms with Gasteiger partial charge in [0.25, 0.3) is 0 Å². The van der Waals surface area contributed by atoms with Gasteiger partial charge in [-0.15, -0.1) is 0 Å². The van der Waals surface area contributed by atoms with Crippen LogP contribution in [0, 0.1) is 11.6 Å². The van der Waals surface area contributed by atoms with Crippen molar-refractivity contribution < 1.29 is 18.6 Å². The number of halogens is 2. The van der Waals surface area contributed by atoms with Gasteiger partial charge in [0.1, 0.15) is 12.0 Å². The molecule has 0 spiro atoms. The molecule has 0 saturated heterocycles. The summed E-state index contributed by atoms with van der Waals surface area (Å²) in [6.07, 6.45) is 2.23. The Kier molecular flexibility index (Phi) is 3.26. The minimum Gasteiger partial charge on any atom is -0.436 e. The third-order valence-corrected chi connectivity index (χ3v) is 2.92. The van der Waals surface area contributed by atoms with Crippen LogP contribution in [-0.4, -0.2) is 19.9 Å². The summed E-state index contributed by atoms with van der Waals surface area (Å²) in [6, 6.07) is 4.53. The fourth-order valence-corrected chi connectivity index (χ4v) is 1.95. The van der Waals surface area contributed by atoms with E-state index in [0.717, 1.165) is 12.1 Å². The molecular weight excluding hydrogens is 280 g/mol. The zero-order valence-corrected chi connectivity index (χ0v) is 11.0. The molecule has 1 aromatic carbocycles. The maximum absolute atomic E-state index is 13.5. The molecule has 0 amide bonds. The average Bonchev–Trinajstić information content (AvgIpc) is 2.85. The molecule has 3 aromatic rings. The molecule has 1 atom stereocenters. The number of aromatic nitrogens is 3. The molecule has 5 nitrogen and oxygen atoms in total. The normalized spacial score (nSPS) is 12.6. The Hall–Kier alpha value is -2.54. The fraction of sp³-hybridized carbons (Fsp3) is 0.143. The Morgan fingerprint density at radius 1 is 1.24 bits per heavy atom. The molecule has 0 aliphatic heterocycles. The highest BCUT2D eigenvalue weighted by Gasteiger charge is 2.11. The number of aliphatic hydroxyl groups is 1. The van der Waals surface area contributed by atoms with Gasteiger partial charge in [0.15, 0.2) is 11.6 Å². The van der Waals surface area contributed by atoms with Crippen LogP contribution in [0.2, 0.25) is 0 Å². The summed E-state index contributed by atoms with van der Waals surface area (Å²) in [5.74, 6) is -1.52. The number of benzene rings is 1. The van der Waals surface area contributed by atoms with Gasteiger partial charge in [0, 0.05) is 23.7 Å². The highest BCUT2D eigenvalue weighted by molar-refractivity contribution is 5.78. The van der Waals surface area contributed by atoms with Crippen LogP contribution in [0.4, 0.5) is 8.78 Å². The topological polar surface area (TPSA) is 60.2 Å². The van der Waals surface area contributed by atoms with Gasteiger partial charge >= 0.3 is 0 Å². The minimum absolute atomic E-state index is 0.121. The van der Waals surface area contributed by atoms with Crippen LogP contribution < -0.4 is 4.74 Å². The lowest BCUT2D eigenvalue weighted by Gasteiger charge is -2.08. The second-order valence-electron chi connectivity index (χ2n) is 4.48. The van der Waals surface area contributed by atoms with Crippen molar-refractivity contribution in [3.63, 3.8) is 0 Å². The molecule has 0 bridgehead atoms. The first kappa shape index (κ1) is 13.4. The van der Waals surface area contributed by atoms with E-state index >= 15 is 0 Å². The zero-order chi connectivity index (χ0) is 15.0. The minimum atomic E-state index is -0.819. The highest BCUT2D eigenvalue weighted by atomic mass is 19.1. The summed E-state index contributed by atoms with van der Waals surface area (Å²) in [6.45, 7) is 1.56. The third kappa shape index (κ3) is 2.55. The summed E-state index contributed by atoms with van der Waals surface area (Å²) in [7, 11) is 0. The van der Waals surface area contributed by atoms with Gasteiger partial charge in [-0.25, -0.2) is 18.4 Å². The van der Waals surface area contributed by atoms with E-state index in [1.807, 2.05) is 0 Å². The number of hydrogen-bond acceptors (Lipinski definition) is 4. The number of aliphatic hydroxyl groups excluding tert-OH is 1. The van der Waals surface area contributed by atoms with Crippen LogP contribution in [0.25, 0.3) is 10.9 Å². The van der Waals surface area contributed by atoms with Crippen LogP contribution in [0.1, 0.15) is 13.2 Å². The molecule has 0 radical (unpaired) electrons. The van der Waals surface area contributed by atoms with Gasteiger partial charge in [-0.05, 0) is 19.1 Å². The molecular formula is C14H11F2N3O2. The van der Waals surface area contributed by atoms with Gasteiger partial charge in [-0.3, -0.25) is 0 Å². The standard InChI is InChI=1S/C14H11F2N3O2/c1-8(20)19-12-5-14(17-6-9(12)7-18-19)21-13-3-2-10(15)4-11(13)16/h2-8,20H,1H3. The molecule has 108 valence electrons. The van der Waals surface area contributed by atoms with E-state index in [4.69, 9.17) is 4.74 Å². The van der Waals surface area contributed by atoms with Crippen molar-refractivity contribution >= 4 is 10.9 Å². The van der Waals surface area contributed by atoms with E-state index in [-0.39, 0.29) is 11.6 Å². The van der Waals surface area contributed by atoms with Crippen molar-refractivity contribution in [1.29, 1.82) is 0 Å². The molecule has 2 heterocycles. The van der Waals surface area contributed by atoms with Gasteiger partial charge in [-0.2, -0.15) is 5.10 Å². The predicted molar refractivity (Wildman–Crippen MR) is 70.9 cm³/mol. The molecule has 1 N–H and O–H groups in total. The fourth-order valence-electron chi connectivity index (χ4n) is 1.95. The zero-order valence-electron chi connectivity index (χ0n) is 11.0. The summed E-state index contributed by atoms with van der Waals surface area (Å²) in [5.41, 5.74) is 0.595. The molecule has 1 unspecified atom stereocenters. The van der Waals surface area contributed by atoms with Crippen molar-refractivity contribution in [2.45, 2.75) is 13.2 Å². The van der Waals surface area contributed by atoms with E-state index in [1.165, 1.54) is 23.0 Å². The smallest absolute Gasteiger partial charge is 0.221 e. The maximum atomic E-state index is 13.5. The van der Waals surface area contributed by atoms with E-state index in [2.05, 4.69) is 10.1 Å². The largest absolute Gasteiger partial charge is 0.436 e. The Bertz CT molecular complexity index is 802. The van der Waals surface area contributed by atoms with Crippen molar-refractivity contribution in [2.75, 3.05) is 0 Å². The monoisotopic (exact) mass is 291 g/mol. The predicted octanol–water partition coefficient (Wildman–Crippen LogP) is 3.01. The molecule has 2 aromatic heterocycles. The van der Waals surface area contributed by atoms with Gasteiger partial charge in [0.2, 0.25) is 5.88 Å². The second-order valence-corrected chi connectivity index (χ2v) is 4.48. The number of pyridine rings is 1. The van der Waals surface area contributed by atoms with Crippen LogP contribution in [0.3, 0.4) is 0 Å². The lowest BCUT2D eigenvalue weighted by atomic mass is 10.3. The summed E-state index contributed by atoms with van der Waals surface area (Å²) < 4.78 is 33.1. The third-order valence-electron chi connectivity index (χ3n) is 2.92. The van der Waals surface area contributed by atoms with E-state index in [1.54, 1.807) is 13.1 Å². The molecule has 0 fully saturated rings. The van der Waals surface area contributed by atoms with E-state index in [9.17, 15) is 13.9 Å². The molecule has 0 aliphatic carbocycles. The van der Waals surface area contributed by atoms with E-state index < -0.39 is 17.9 Å². The number of fused-ring (bicyclic) bond motifs is 1. The first-order valence-electron chi connectivity index (χ1n) is 6.19. The summed E-state index contributed by atoms with van der Waals surface area (Å²) >= 11 is 0. The summed E-state index contributed by atoms with van der Waals surface area (Å²) in [4.78, 5) is 4.02. The Balaban J connectivity index is 1.99. The van der Waals surface area contributed by atoms with E-state index in [0.29, 0.717) is 10.9 Å². The lowest BCUT2D eigenvalue weighted by Crippen LogP contribution is -2.05. The second kappa shape index (κ2) is 5.10. The van der Waals surface area contributed by atoms with Crippen molar-refractivity contribution in [3.8, 4) is 11.6 Å². The van der Waals surface area contributed by atoms with Crippen molar-refractivity contribution in [3.05, 3.63) is 48.3 Å². The van der Waals surface area contributed by atoms with Crippen molar-refractivity contribution in [1.82, 2.24) is 14.8 Å². The first-order chi connectivity index (χ1) is 10.0. The van der Waals surface area contributed by atoms with Gasteiger partial charge in [-0.1, -0.05) is 0 Å². The average molecular weight is 291 g/mol. The number of nitrogens with zero attached hydrogens (tertiary/aromatic N) is 3. The SMILES string of the molecule is CC(O)n1ncc2cnc(Oc3ccc(F)cc3F)cc21. The number of hydrogen-bond donors (Lipinski definition) is 1. The highest BCUT2D eigenvalue weighted by Crippen LogP contribution is 2.26. The Morgan fingerprint density at radius 3 is 2.76 bits per heavy atom. The Morgan fingerprint density at radius 2 is 2.05 bits per heavy atom. The lowest BCUT2D eigenvalue weighted by molar-refractivity contribution is 0.115. The van der Waals surface area contributed by atoms with Gasteiger partial charge in [0.05, 0.1) is 11.7 Å². The maximum Gasteiger partial charge on any atom is 0.221 e. The number of rotatable bonds is 3. The molecule has 0 aliphatic rings.